The molecule has 2 unspecified atom stereocenters. The normalized spacial score (nSPS) is 21.0. The average Bonchev–Trinajstić information content (AvgIpc) is 2.73. The van der Waals surface area contributed by atoms with Gasteiger partial charge in [-0.2, -0.15) is 10.5 Å². The van der Waals surface area contributed by atoms with E-state index in [1.165, 1.54) is 0 Å². The summed E-state index contributed by atoms with van der Waals surface area (Å²) in [7, 11) is 3.15. The van der Waals surface area contributed by atoms with Crippen LogP contribution >= 0.6 is 0 Å². The minimum absolute atomic E-state index is 0.0535. The van der Waals surface area contributed by atoms with E-state index in [1.54, 1.807) is 38.5 Å². The Kier molecular flexibility index (Phi) is 5.14. The Hall–Kier alpha value is -3.31. The number of nitrogens with zero attached hydrogens (tertiary/aromatic N) is 2. The molecule has 2 aromatic carbocycles. The number of carbonyl (C=O) groups excluding carboxylic acids is 1. The molecular formula is C22H20N2O3. The summed E-state index contributed by atoms with van der Waals surface area (Å²) >= 11 is 0. The first-order valence-electron chi connectivity index (χ1n) is 8.70. The summed E-state index contributed by atoms with van der Waals surface area (Å²) in [6, 6.07) is 19.0. The fourth-order valence-corrected chi connectivity index (χ4v) is 3.87. The number of Topliss-reactive ketones (excluding diaryl/α,β-unsaturated/α-hetero) is 1. The van der Waals surface area contributed by atoms with Gasteiger partial charge in [0, 0.05) is 24.7 Å². The van der Waals surface area contributed by atoms with E-state index >= 15 is 0 Å². The van der Waals surface area contributed by atoms with Crippen molar-refractivity contribution in [2.75, 3.05) is 14.2 Å². The molecule has 1 fully saturated rings. The smallest absolute Gasteiger partial charge is 0.158 e. The van der Waals surface area contributed by atoms with Gasteiger partial charge in [0.25, 0.3) is 0 Å². The van der Waals surface area contributed by atoms with Crippen LogP contribution in [0, 0.1) is 28.1 Å². The summed E-state index contributed by atoms with van der Waals surface area (Å²) in [6.07, 6.45) is 0.361. The molecule has 0 amide bonds. The summed E-state index contributed by atoms with van der Waals surface area (Å²) in [5.74, 6) is 0.440. The number of methoxy groups -OCH3 is 2. The maximum Gasteiger partial charge on any atom is 0.158 e. The molecule has 0 aromatic heterocycles. The number of rotatable bonds is 4. The molecule has 27 heavy (non-hydrogen) atoms. The molecule has 136 valence electrons. The van der Waals surface area contributed by atoms with E-state index in [1.807, 2.05) is 24.3 Å². The van der Waals surface area contributed by atoms with Crippen molar-refractivity contribution in [1.82, 2.24) is 0 Å². The van der Waals surface area contributed by atoms with Gasteiger partial charge < -0.3 is 9.47 Å². The third-order valence-electron chi connectivity index (χ3n) is 5.37. The van der Waals surface area contributed by atoms with Crippen LogP contribution in [0.4, 0.5) is 0 Å². The van der Waals surface area contributed by atoms with Crippen LogP contribution < -0.4 is 9.47 Å². The molecular weight excluding hydrogens is 340 g/mol. The predicted molar refractivity (Wildman–Crippen MR) is 99.4 cm³/mol. The number of ether oxygens (including phenoxy) is 2. The van der Waals surface area contributed by atoms with Crippen molar-refractivity contribution in [3.8, 4) is 23.6 Å². The monoisotopic (exact) mass is 360 g/mol. The molecule has 2 aromatic rings. The molecule has 0 saturated heterocycles. The van der Waals surface area contributed by atoms with E-state index in [2.05, 4.69) is 12.1 Å². The molecule has 0 radical (unpaired) electrons. The zero-order valence-electron chi connectivity index (χ0n) is 15.3. The highest BCUT2D eigenvalue weighted by Gasteiger charge is 2.52. The molecule has 1 aliphatic rings. The molecule has 0 N–H and O–H groups in total. The summed E-state index contributed by atoms with van der Waals surface area (Å²) in [6.45, 7) is 0. The highest BCUT2D eigenvalue weighted by molar-refractivity contribution is 5.82. The maximum absolute atomic E-state index is 12.5. The van der Waals surface area contributed by atoms with Gasteiger partial charge in [-0.15, -0.1) is 0 Å². The van der Waals surface area contributed by atoms with Crippen LogP contribution in [0.5, 0.6) is 11.5 Å². The van der Waals surface area contributed by atoms with Crippen molar-refractivity contribution < 1.29 is 14.3 Å². The van der Waals surface area contributed by atoms with E-state index in [0.29, 0.717) is 11.5 Å². The van der Waals surface area contributed by atoms with Crippen LogP contribution in [0.25, 0.3) is 0 Å². The minimum atomic E-state index is -1.32. The van der Waals surface area contributed by atoms with Gasteiger partial charge in [-0.25, -0.2) is 0 Å². The van der Waals surface area contributed by atoms with Gasteiger partial charge in [-0.1, -0.05) is 24.3 Å². The van der Waals surface area contributed by atoms with Crippen molar-refractivity contribution >= 4 is 5.78 Å². The lowest BCUT2D eigenvalue weighted by atomic mass is 9.57. The lowest BCUT2D eigenvalue weighted by molar-refractivity contribution is -0.122. The summed E-state index contributed by atoms with van der Waals surface area (Å²) in [5.41, 5.74) is 0.271. The Balaban J connectivity index is 2.08. The third kappa shape index (κ3) is 3.25. The van der Waals surface area contributed by atoms with Crippen LogP contribution in [0.2, 0.25) is 0 Å². The van der Waals surface area contributed by atoms with Gasteiger partial charge in [-0.3, -0.25) is 4.79 Å². The van der Waals surface area contributed by atoms with E-state index < -0.39 is 17.3 Å². The van der Waals surface area contributed by atoms with Crippen LogP contribution in [-0.4, -0.2) is 20.0 Å². The Morgan fingerprint density at radius 3 is 1.48 bits per heavy atom. The summed E-state index contributed by atoms with van der Waals surface area (Å²) < 4.78 is 10.4. The van der Waals surface area contributed by atoms with Gasteiger partial charge in [0.2, 0.25) is 0 Å². The Morgan fingerprint density at radius 1 is 0.815 bits per heavy atom. The fraction of sp³-hybridized carbons (Fsp3) is 0.318. The first-order chi connectivity index (χ1) is 13.1. The van der Waals surface area contributed by atoms with E-state index in [-0.39, 0.29) is 18.6 Å². The Labute approximate surface area is 158 Å². The van der Waals surface area contributed by atoms with Gasteiger partial charge >= 0.3 is 0 Å². The average molecular weight is 360 g/mol. The van der Waals surface area contributed by atoms with Crippen LogP contribution in [-0.2, 0) is 4.79 Å². The number of hydrogen-bond donors (Lipinski definition) is 0. The summed E-state index contributed by atoms with van der Waals surface area (Å²) in [5, 5.41) is 20.1. The zero-order valence-corrected chi connectivity index (χ0v) is 15.3. The molecule has 5 heteroatoms. The second kappa shape index (κ2) is 7.51. The van der Waals surface area contributed by atoms with Gasteiger partial charge in [0.15, 0.2) is 5.41 Å². The third-order valence-corrected chi connectivity index (χ3v) is 5.37. The van der Waals surface area contributed by atoms with Crippen molar-refractivity contribution in [2.24, 2.45) is 5.41 Å². The molecule has 1 aliphatic carbocycles. The first kappa shape index (κ1) is 18.5. The molecule has 1 saturated carbocycles. The quantitative estimate of drug-likeness (QED) is 0.824. The molecule has 5 nitrogen and oxygen atoms in total. The van der Waals surface area contributed by atoms with E-state index in [0.717, 1.165) is 11.1 Å². The maximum atomic E-state index is 12.5. The minimum Gasteiger partial charge on any atom is -0.497 e. The van der Waals surface area contributed by atoms with Crippen LogP contribution in [0.3, 0.4) is 0 Å². The number of carbonyl (C=O) groups is 1. The van der Waals surface area contributed by atoms with Crippen molar-refractivity contribution in [2.45, 2.75) is 24.7 Å². The fourth-order valence-electron chi connectivity index (χ4n) is 3.87. The number of nitriles is 2. The van der Waals surface area contributed by atoms with Gasteiger partial charge in [0.05, 0.1) is 26.4 Å². The number of ketones is 1. The highest BCUT2D eigenvalue weighted by atomic mass is 16.5. The van der Waals surface area contributed by atoms with Crippen molar-refractivity contribution in [3.05, 3.63) is 59.7 Å². The SMILES string of the molecule is COc1ccc(C2CC(=O)CC(c3ccc(OC)cc3)C2(C#N)C#N)cc1. The summed E-state index contributed by atoms with van der Waals surface area (Å²) in [4.78, 5) is 12.5. The molecule has 0 aliphatic heterocycles. The number of benzene rings is 2. The highest BCUT2D eigenvalue weighted by Crippen LogP contribution is 2.53. The number of hydrogen-bond acceptors (Lipinski definition) is 5. The second-order valence-electron chi connectivity index (χ2n) is 6.69. The predicted octanol–water partition coefficient (Wildman–Crippen LogP) is 3.97. The Morgan fingerprint density at radius 2 is 1.19 bits per heavy atom. The van der Waals surface area contributed by atoms with Crippen molar-refractivity contribution in [1.29, 1.82) is 10.5 Å². The largest absolute Gasteiger partial charge is 0.497 e. The zero-order chi connectivity index (χ0) is 19.4. The van der Waals surface area contributed by atoms with Gasteiger partial charge in [0.1, 0.15) is 17.3 Å². The molecule has 3 rings (SSSR count). The van der Waals surface area contributed by atoms with Crippen LogP contribution in [0.1, 0.15) is 35.8 Å². The lowest BCUT2D eigenvalue weighted by Crippen LogP contribution is -2.39. The van der Waals surface area contributed by atoms with E-state index in [4.69, 9.17) is 9.47 Å². The Bertz CT molecular complexity index is 829. The topological polar surface area (TPSA) is 83.1 Å². The lowest BCUT2D eigenvalue weighted by Gasteiger charge is -2.40. The molecule has 0 spiro atoms. The standard InChI is InChI=1S/C22H20N2O3/c1-26-18-7-3-15(4-8-18)20-11-17(25)12-21(22(20,13-23)14-24)16-5-9-19(27-2)10-6-16/h3-10,20-21H,11-12H2,1-2H3. The molecule has 0 bridgehead atoms. The van der Waals surface area contributed by atoms with Crippen molar-refractivity contribution in [3.63, 3.8) is 0 Å². The van der Waals surface area contributed by atoms with Crippen LogP contribution in [0.15, 0.2) is 48.5 Å². The van der Waals surface area contributed by atoms with Gasteiger partial charge in [-0.05, 0) is 35.4 Å². The van der Waals surface area contributed by atoms with E-state index in [9.17, 15) is 15.3 Å². The molecule has 2 atom stereocenters. The second-order valence-corrected chi connectivity index (χ2v) is 6.69. The molecule has 0 heterocycles. The first-order valence-corrected chi connectivity index (χ1v) is 8.70.